The average molecular weight is 560 g/mol. The number of halogens is 1. The molecule has 1 aliphatic rings. The molecule has 0 radical (unpaired) electrons. The summed E-state index contributed by atoms with van der Waals surface area (Å²) in [5, 5.41) is 10.4. The SMILES string of the molecule is CCCC(OC(=O)C[C@@H]1C[C@@H](COc2ccc(-c3ccc(C(=N)N)cc3)cc2)NC1=O)OC(=O)C(C)(C)C.Cl. The van der Waals surface area contributed by atoms with Crippen molar-refractivity contribution < 1.29 is 28.6 Å². The first-order valence-electron chi connectivity index (χ1n) is 12.8. The van der Waals surface area contributed by atoms with E-state index in [1.165, 1.54) is 0 Å². The van der Waals surface area contributed by atoms with E-state index in [9.17, 15) is 14.4 Å². The summed E-state index contributed by atoms with van der Waals surface area (Å²) in [5.74, 6) is -1.08. The second kappa shape index (κ2) is 14.0. The van der Waals surface area contributed by atoms with Crippen molar-refractivity contribution >= 4 is 36.1 Å². The fraction of sp³-hybridized carbons (Fsp3) is 0.448. The molecule has 1 amide bonds. The molecule has 212 valence electrons. The third kappa shape index (κ3) is 9.28. The van der Waals surface area contributed by atoms with Crippen LogP contribution in [-0.4, -0.2) is 42.6 Å². The van der Waals surface area contributed by atoms with E-state index in [0.717, 1.165) is 11.1 Å². The number of hydrogen-bond acceptors (Lipinski definition) is 7. The van der Waals surface area contributed by atoms with Crippen LogP contribution in [0.4, 0.5) is 0 Å². The quantitative estimate of drug-likeness (QED) is 0.158. The lowest BCUT2D eigenvalue weighted by Crippen LogP contribution is -2.32. The highest BCUT2D eigenvalue weighted by atomic mass is 35.5. The van der Waals surface area contributed by atoms with E-state index in [4.69, 9.17) is 25.4 Å². The minimum absolute atomic E-state index is 0. The Bertz CT molecular complexity index is 1150. The molecule has 1 heterocycles. The number of ether oxygens (including phenoxy) is 3. The smallest absolute Gasteiger partial charge is 0.314 e. The molecule has 1 saturated heterocycles. The molecule has 1 unspecified atom stereocenters. The molecule has 1 aliphatic heterocycles. The normalized spacial score (nSPS) is 17.4. The van der Waals surface area contributed by atoms with Gasteiger partial charge in [-0.2, -0.15) is 0 Å². The molecule has 2 aromatic carbocycles. The molecule has 0 aliphatic carbocycles. The molecule has 3 rings (SSSR count). The van der Waals surface area contributed by atoms with E-state index >= 15 is 0 Å². The Morgan fingerprint density at radius 2 is 1.64 bits per heavy atom. The van der Waals surface area contributed by atoms with Crippen molar-refractivity contribution in [1.82, 2.24) is 5.32 Å². The number of benzene rings is 2. The highest BCUT2D eigenvalue weighted by Gasteiger charge is 2.35. The number of amides is 1. The largest absolute Gasteiger partial charge is 0.491 e. The number of carbonyl (C=O) groups excluding carboxylic acids is 3. The molecule has 39 heavy (non-hydrogen) atoms. The van der Waals surface area contributed by atoms with E-state index in [1.807, 2.05) is 43.3 Å². The zero-order chi connectivity index (χ0) is 27.9. The summed E-state index contributed by atoms with van der Waals surface area (Å²) >= 11 is 0. The van der Waals surface area contributed by atoms with Crippen molar-refractivity contribution in [2.24, 2.45) is 17.1 Å². The van der Waals surface area contributed by atoms with E-state index in [-0.39, 0.29) is 43.2 Å². The molecular formula is C29H38ClN3O6. The number of hydrogen-bond donors (Lipinski definition) is 3. The molecule has 9 nitrogen and oxygen atoms in total. The molecule has 3 atom stereocenters. The van der Waals surface area contributed by atoms with Gasteiger partial charge in [0.2, 0.25) is 12.2 Å². The summed E-state index contributed by atoms with van der Waals surface area (Å²) in [6.07, 6.45) is 0.453. The number of esters is 2. The van der Waals surface area contributed by atoms with Crippen molar-refractivity contribution in [3.63, 3.8) is 0 Å². The van der Waals surface area contributed by atoms with E-state index in [0.29, 0.717) is 30.6 Å². The zero-order valence-corrected chi connectivity index (χ0v) is 23.6. The maximum atomic E-state index is 12.5. The molecule has 2 aromatic rings. The van der Waals surface area contributed by atoms with Gasteiger partial charge in [-0.05, 0) is 56.9 Å². The molecular weight excluding hydrogens is 522 g/mol. The summed E-state index contributed by atoms with van der Waals surface area (Å²) in [6, 6.07) is 14.8. The number of carbonyl (C=O) groups is 3. The van der Waals surface area contributed by atoms with Gasteiger partial charge in [0.05, 0.1) is 23.8 Å². The van der Waals surface area contributed by atoms with Crippen molar-refractivity contribution in [3.05, 3.63) is 54.1 Å². The van der Waals surface area contributed by atoms with Crippen LogP contribution in [0.3, 0.4) is 0 Å². The Kier molecular flexibility index (Phi) is 11.3. The van der Waals surface area contributed by atoms with Crippen LogP contribution in [0.25, 0.3) is 11.1 Å². The molecule has 0 bridgehead atoms. The van der Waals surface area contributed by atoms with Gasteiger partial charge in [-0.1, -0.05) is 43.3 Å². The maximum Gasteiger partial charge on any atom is 0.314 e. The molecule has 0 aromatic heterocycles. The molecule has 1 fully saturated rings. The first-order valence-corrected chi connectivity index (χ1v) is 12.8. The number of rotatable bonds is 11. The van der Waals surface area contributed by atoms with Gasteiger partial charge in [0.15, 0.2) is 0 Å². The van der Waals surface area contributed by atoms with Crippen LogP contribution in [0.2, 0.25) is 0 Å². The second-order valence-corrected chi connectivity index (χ2v) is 10.5. The predicted molar refractivity (Wildman–Crippen MR) is 151 cm³/mol. The lowest BCUT2D eigenvalue weighted by Gasteiger charge is -2.23. The number of nitrogen functional groups attached to an aromatic ring is 1. The second-order valence-electron chi connectivity index (χ2n) is 10.5. The Morgan fingerprint density at radius 3 is 2.18 bits per heavy atom. The van der Waals surface area contributed by atoms with Gasteiger partial charge in [-0.15, -0.1) is 12.4 Å². The van der Waals surface area contributed by atoms with Crippen molar-refractivity contribution in [1.29, 1.82) is 5.41 Å². The minimum atomic E-state index is -0.960. The van der Waals surface area contributed by atoms with Gasteiger partial charge >= 0.3 is 11.9 Å². The van der Waals surface area contributed by atoms with Gasteiger partial charge in [-0.3, -0.25) is 19.8 Å². The van der Waals surface area contributed by atoms with Crippen molar-refractivity contribution in [3.8, 4) is 16.9 Å². The maximum absolute atomic E-state index is 12.5. The topological polar surface area (TPSA) is 141 Å². The minimum Gasteiger partial charge on any atom is -0.491 e. The first-order chi connectivity index (χ1) is 18.0. The predicted octanol–water partition coefficient (Wildman–Crippen LogP) is 4.59. The van der Waals surface area contributed by atoms with Gasteiger partial charge in [0.25, 0.3) is 0 Å². The van der Waals surface area contributed by atoms with Crippen LogP contribution in [0.5, 0.6) is 5.75 Å². The summed E-state index contributed by atoms with van der Waals surface area (Å²) in [4.78, 5) is 37.1. The Labute approximate surface area is 235 Å². The van der Waals surface area contributed by atoms with E-state index in [1.54, 1.807) is 32.9 Å². The third-order valence-corrected chi connectivity index (χ3v) is 6.17. The molecule has 4 N–H and O–H groups in total. The monoisotopic (exact) mass is 559 g/mol. The van der Waals surface area contributed by atoms with Crippen LogP contribution in [0.1, 0.15) is 58.9 Å². The van der Waals surface area contributed by atoms with E-state index < -0.39 is 29.6 Å². The molecule has 10 heteroatoms. The standard InChI is InChI=1S/C29H37N3O6.ClH/c1-5-6-25(38-28(35)29(2,3)4)37-24(33)16-21-15-22(32-27(21)34)17-36-23-13-11-19(12-14-23)18-7-9-20(10-8-18)26(30)31;/h7-14,21-22,25H,5-6,15-17H2,1-4H3,(H3,30,31)(H,32,34);1H/t21-,22-,25?;/m0./s1. The average Bonchev–Trinajstić information content (AvgIpc) is 3.21. The summed E-state index contributed by atoms with van der Waals surface area (Å²) in [5.41, 5.74) is 7.46. The fourth-order valence-electron chi connectivity index (χ4n) is 3.97. The Morgan fingerprint density at radius 1 is 1.05 bits per heavy atom. The lowest BCUT2D eigenvalue weighted by atomic mass is 9.97. The Balaban J connectivity index is 0.00000533. The van der Waals surface area contributed by atoms with Gasteiger partial charge in [0, 0.05) is 12.0 Å². The van der Waals surface area contributed by atoms with Crippen molar-refractivity contribution in [2.75, 3.05) is 6.61 Å². The summed E-state index contributed by atoms with van der Waals surface area (Å²) in [6.45, 7) is 7.37. The van der Waals surface area contributed by atoms with Gasteiger partial charge in [-0.25, -0.2) is 0 Å². The molecule has 0 saturated carbocycles. The van der Waals surface area contributed by atoms with Crippen molar-refractivity contribution in [2.45, 2.75) is 65.7 Å². The van der Waals surface area contributed by atoms with Crippen LogP contribution in [0, 0.1) is 16.7 Å². The number of nitrogens with two attached hydrogens (primary N) is 1. The van der Waals surface area contributed by atoms with Crippen LogP contribution in [0.15, 0.2) is 48.5 Å². The van der Waals surface area contributed by atoms with Crippen LogP contribution < -0.4 is 15.8 Å². The zero-order valence-electron chi connectivity index (χ0n) is 22.8. The van der Waals surface area contributed by atoms with Gasteiger partial charge < -0.3 is 25.3 Å². The first kappa shape index (κ1) is 31.6. The van der Waals surface area contributed by atoms with Gasteiger partial charge in [0.1, 0.15) is 18.2 Å². The number of nitrogens with one attached hydrogen (secondary N) is 2. The van der Waals surface area contributed by atoms with E-state index in [2.05, 4.69) is 5.32 Å². The summed E-state index contributed by atoms with van der Waals surface area (Å²) in [7, 11) is 0. The highest BCUT2D eigenvalue weighted by Crippen LogP contribution is 2.25. The van der Waals surface area contributed by atoms with Crippen LogP contribution in [-0.2, 0) is 23.9 Å². The lowest BCUT2D eigenvalue weighted by molar-refractivity contribution is -0.195. The summed E-state index contributed by atoms with van der Waals surface area (Å²) < 4.78 is 16.6. The third-order valence-electron chi connectivity index (χ3n) is 6.17. The highest BCUT2D eigenvalue weighted by molar-refractivity contribution is 5.95. The Hall–Kier alpha value is -3.59. The van der Waals surface area contributed by atoms with Crippen LogP contribution >= 0.6 is 12.4 Å². The molecule has 0 spiro atoms. The fourth-order valence-corrected chi connectivity index (χ4v) is 3.97. The number of amidine groups is 1.